The van der Waals surface area contributed by atoms with Gasteiger partial charge in [-0.2, -0.15) is 5.26 Å². The number of benzene rings is 1. The number of nitrogens with two attached hydrogens (primary N) is 1. The fraction of sp³-hybridized carbons (Fsp3) is 0. The van der Waals surface area contributed by atoms with E-state index in [4.69, 9.17) is 11.0 Å². The van der Waals surface area contributed by atoms with Crippen molar-refractivity contribution in [2.24, 2.45) is 0 Å². The lowest BCUT2D eigenvalue weighted by Gasteiger charge is -2.06. The summed E-state index contributed by atoms with van der Waals surface area (Å²) in [6.07, 6.45) is 1.51. The third-order valence-electron chi connectivity index (χ3n) is 2.19. The lowest BCUT2D eigenvalue weighted by molar-refractivity contribution is 0.986. The van der Waals surface area contributed by atoms with Crippen molar-refractivity contribution in [2.45, 2.75) is 0 Å². The molecule has 0 saturated heterocycles. The minimum atomic E-state index is -0.358. The Kier molecular flexibility index (Phi) is 2.44. The molecule has 0 radical (unpaired) electrons. The standard InChI is InChI=1S/C12H9N3O/c13-7-9-6-10(14)8-15(12(9)16)11-4-2-1-3-5-11/h1-6,8H,14H2. The fourth-order valence-electron chi connectivity index (χ4n) is 1.46. The molecule has 2 N–H and O–H groups in total. The third kappa shape index (κ3) is 1.66. The second-order valence-corrected chi connectivity index (χ2v) is 3.31. The van der Waals surface area contributed by atoms with E-state index in [0.29, 0.717) is 11.4 Å². The first-order valence-electron chi connectivity index (χ1n) is 4.70. The Morgan fingerprint density at radius 2 is 1.94 bits per heavy atom. The van der Waals surface area contributed by atoms with Gasteiger partial charge in [-0.25, -0.2) is 0 Å². The number of aromatic nitrogens is 1. The van der Waals surface area contributed by atoms with E-state index in [1.165, 1.54) is 16.8 Å². The molecule has 0 atom stereocenters. The highest BCUT2D eigenvalue weighted by Gasteiger charge is 2.05. The second-order valence-electron chi connectivity index (χ2n) is 3.31. The monoisotopic (exact) mass is 211 g/mol. The number of nitriles is 1. The first-order valence-corrected chi connectivity index (χ1v) is 4.70. The number of nitrogen functional groups attached to an aromatic ring is 1. The van der Waals surface area contributed by atoms with Gasteiger partial charge in [-0.1, -0.05) is 18.2 Å². The molecule has 0 amide bonds. The van der Waals surface area contributed by atoms with Crippen molar-refractivity contribution in [1.82, 2.24) is 4.57 Å². The Hall–Kier alpha value is -2.54. The van der Waals surface area contributed by atoms with Gasteiger partial charge in [0, 0.05) is 17.6 Å². The summed E-state index contributed by atoms with van der Waals surface area (Å²) in [5.74, 6) is 0. The average Bonchev–Trinajstić information content (AvgIpc) is 2.33. The van der Waals surface area contributed by atoms with Crippen LogP contribution in [0.2, 0.25) is 0 Å². The summed E-state index contributed by atoms with van der Waals surface area (Å²) in [4.78, 5) is 11.8. The number of para-hydroxylation sites is 1. The predicted molar refractivity (Wildman–Crippen MR) is 61.2 cm³/mol. The molecule has 16 heavy (non-hydrogen) atoms. The van der Waals surface area contributed by atoms with E-state index in [0.717, 1.165) is 0 Å². The van der Waals surface area contributed by atoms with Crippen LogP contribution < -0.4 is 11.3 Å². The number of hydrogen-bond donors (Lipinski definition) is 1. The van der Waals surface area contributed by atoms with E-state index in [2.05, 4.69) is 0 Å². The number of hydrogen-bond acceptors (Lipinski definition) is 3. The Labute approximate surface area is 92.2 Å². The van der Waals surface area contributed by atoms with Crippen LogP contribution >= 0.6 is 0 Å². The SMILES string of the molecule is N#Cc1cc(N)cn(-c2ccccc2)c1=O. The number of anilines is 1. The van der Waals surface area contributed by atoms with Gasteiger partial charge in [0.15, 0.2) is 0 Å². The van der Waals surface area contributed by atoms with Crippen molar-refractivity contribution < 1.29 is 0 Å². The van der Waals surface area contributed by atoms with Crippen molar-refractivity contribution in [2.75, 3.05) is 5.73 Å². The molecule has 78 valence electrons. The lowest BCUT2D eigenvalue weighted by atomic mass is 10.2. The first kappa shape index (κ1) is 9.99. The first-order chi connectivity index (χ1) is 7.72. The largest absolute Gasteiger partial charge is 0.397 e. The third-order valence-corrected chi connectivity index (χ3v) is 2.19. The van der Waals surface area contributed by atoms with Crippen LogP contribution in [-0.4, -0.2) is 4.57 Å². The predicted octanol–water partition coefficient (Wildman–Crippen LogP) is 1.29. The summed E-state index contributed by atoms with van der Waals surface area (Å²) < 4.78 is 1.37. The van der Waals surface area contributed by atoms with Crippen molar-refractivity contribution >= 4 is 5.69 Å². The molecule has 0 aliphatic carbocycles. The molecule has 0 aliphatic rings. The summed E-state index contributed by atoms with van der Waals surface area (Å²) in [6.45, 7) is 0. The Morgan fingerprint density at radius 1 is 1.25 bits per heavy atom. The summed E-state index contributed by atoms with van der Waals surface area (Å²) in [5.41, 5.74) is 6.40. The van der Waals surface area contributed by atoms with E-state index in [1.54, 1.807) is 12.1 Å². The smallest absolute Gasteiger partial charge is 0.273 e. The van der Waals surface area contributed by atoms with E-state index >= 15 is 0 Å². The van der Waals surface area contributed by atoms with Gasteiger partial charge in [0.2, 0.25) is 0 Å². The van der Waals surface area contributed by atoms with E-state index in [1.807, 2.05) is 24.3 Å². The molecular weight excluding hydrogens is 202 g/mol. The molecule has 1 heterocycles. The lowest BCUT2D eigenvalue weighted by Crippen LogP contribution is -2.21. The zero-order chi connectivity index (χ0) is 11.5. The van der Waals surface area contributed by atoms with Gasteiger partial charge in [-0.15, -0.1) is 0 Å². The van der Waals surface area contributed by atoms with Gasteiger partial charge < -0.3 is 5.73 Å². The van der Waals surface area contributed by atoms with Crippen LogP contribution in [0.4, 0.5) is 5.69 Å². The minimum Gasteiger partial charge on any atom is -0.397 e. The van der Waals surface area contributed by atoms with Crippen LogP contribution in [0.1, 0.15) is 5.56 Å². The Bertz CT molecular complexity index is 608. The highest BCUT2D eigenvalue weighted by molar-refractivity contribution is 5.46. The molecule has 2 aromatic rings. The molecule has 1 aromatic carbocycles. The second kappa shape index (κ2) is 3.91. The van der Waals surface area contributed by atoms with Gasteiger partial charge in [0.1, 0.15) is 11.6 Å². The maximum absolute atomic E-state index is 11.8. The summed E-state index contributed by atoms with van der Waals surface area (Å²) >= 11 is 0. The Morgan fingerprint density at radius 3 is 2.56 bits per heavy atom. The van der Waals surface area contributed by atoms with Gasteiger partial charge in [0.05, 0.1) is 0 Å². The van der Waals surface area contributed by atoms with Crippen LogP contribution in [0.25, 0.3) is 5.69 Å². The summed E-state index contributed by atoms with van der Waals surface area (Å²) in [7, 11) is 0. The highest BCUT2D eigenvalue weighted by Crippen LogP contribution is 2.08. The van der Waals surface area contributed by atoms with Crippen molar-refractivity contribution in [3.05, 3.63) is 58.5 Å². The van der Waals surface area contributed by atoms with Crippen LogP contribution in [-0.2, 0) is 0 Å². The molecule has 0 spiro atoms. The summed E-state index contributed by atoms with van der Waals surface area (Å²) in [5, 5.41) is 8.80. The molecule has 4 nitrogen and oxygen atoms in total. The van der Waals surface area contributed by atoms with E-state index < -0.39 is 0 Å². The van der Waals surface area contributed by atoms with Crippen molar-refractivity contribution in [3.63, 3.8) is 0 Å². The van der Waals surface area contributed by atoms with Crippen LogP contribution in [0.5, 0.6) is 0 Å². The van der Waals surface area contributed by atoms with Crippen LogP contribution in [0, 0.1) is 11.3 Å². The maximum atomic E-state index is 11.8. The molecule has 4 heteroatoms. The van der Waals surface area contributed by atoms with E-state index in [9.17, 15) is 4.79 Å². The Balaban J connectivity index is 2.72. The van der Waals surface area contributed by atoms with Crippen LogP contribution in [0.3, 0.4) is 0 Å². The van der Waals surface area contributed by atoms with Gasteiger partial charge in [0.25, 0.3) is 5.56 Å². The van der Waals surface area contributed by atoms with Crippen LogP contribution in [0.15, 0.2) is 47.4 Å². The minimum absolute atomic E-state index is 0.0452. The molecule has 0 aliphatic heterocycles. The van der Waals surface area contributed by atoms with Gasteiger partial charge in [-0.05, 0) is 18.2 Å². The maximum Gasteiger partial charge on any atom is 0.273 e. The zero-order valence-electron chi connectivity index (χ0n) is 8.42. The molecule has 0 saturated carbocycles. The molecule has 0 unspecified atom stereocenters. The number of pyridine rings is 1. The zero-order valence-corrected chi connectivity index (χ0v) is 8.42. The van der Waals surface area contributed by atoms with Gasteiger partial charge in [-0.3, -0.25) is 9.36 Å². The highest BCUT2D eigenvalue weighted by atomic mass is 16.1. The molecule has 0 fully saturated rings. The molecule has 2 rings (SSSR count). The topological polar surface area (TPSA) is 71.8 Å². The van der Waals surface area contributed by atoms with Crippen molar-refractivity contribution in [3.8, 4) is 11.8 Å². The fourth-order valence-corrected chi connectivity index (χ4v) is 1.46. The molecule has 1 aromatic heterocycles. The average molecular weight is 211 g/mol. The molecular formula is C12H9N3O. The summed E-state index contributed by atoms with van der Waals surface area (Å²) in [6, 6.07) is 12.3. The van der Waals surface area contributed by atoms with E-state index in [-0.39, 0.29) is 11.1 Å². The van der Waals surface area contributed by atoms with Crippen molar-refractivity contribution in [1.29, 1.82) is 5.26 Å². The normalized spacial score (nSPS) is 9.69. The number of rotatable bonds is 1. The number of nitrogens with zero attached hydrogens (tertiary/aromatic N) is 2. The molecule has 0 bridgehead atoms. The van der Waals surface area contributed by atoms with Gasteiger partial charge >= 0.3 is 0 Å². The quantitative estimate of drug-likeness (QED) is 0.772.